The molecule has 0 amide bonds. The Morgan fingerprint density at radius 2 is 2.00 bits per heavy atom. The molecule has 1 aromatic rings. The number of nitro benzene ring substituents is 1. The third-order valence-corrected chi connectivity index (χ3v) is 2.40. The van der Waals surface area contributed by atoms with Gasteiger partial charge in [-0.1, -0.05) is 0 Å². The molecule has 5 nitrogen and oxygen atoms in total. The number of anilines is 1. The minimum Gasteiger partial charge on any atom is -0.378 e. The van der Waals surface area contributed by atoms with Gasteiger partial charge in [0.15, 0.2) is 0 Å². The number of benzene rings is 1. The monoisotopic (exact) mass is 277 g/mol. The highest BCUT2D eigenvalue weighted by Crippen LogP contribution is 2.34. The van der Waals surface area contributed by atoms with Crippen LogP contribution in [0.2, 0.25) is 0 Å². The van der Waals surface area contributed by atoms with E-state index in [1.165, 1.54) is 0 Å². The van der Waals surface area contributed by atoms with Crippen molar-refractivity contribution in [1.29, 1.82) is 0 Å². The number of halogens is 3. The highest BCUT2D eigenvalue weighted by Gasteiger charge is 2.32. The van der Waals surface area contributed by atoms with Gasteiger partial charge in [0.2, 0.25) is 0 Å². The Kier molecular flexibility index (Phi) is 4.71. The van der Waals surface area contributed by atoms with E-state index < -0.39 is 16.7 Å². The third kappa shape index (κ3) is 4.40. The van der Waals surface area contributed by atoms with Gasteiger partial charge in [0.05, 0.1) is 10.5 Å². The molecular formula is C11H14F3N3O2. The van der Waals surface area contributed by atoms with Crippen molar-refractivity contribution < 1.29 is 18.1 Å². The summed E-state index contributed by atoms with van der Waals surface area (Å²) in [5.74, 6) is 0. The molecule has 1 aromatic carbocycles. The molecule has 0 aliphatic rings. The van der Waals surface area contributed by atoms with Gasteiger partial charge in [-0.05, 0) is 26.2 Å². The van der Waals surface area contributed by atoms with Gasteiger partial charge in [0.25, 0.3) is 5.69 Å². The maximum absolute atomic E-state index is 12.5. The van der Waals surface area contributed by atoms with Crippen molar-refractivity contribution in [2.45, 2.75) is 6.18 Å². The van der Waals surface area contributed by atoms with Crippen LogP contribution in [0.1, 0.15) is 5.56 Å². The Morgan fingerprint density at radius 1 is 1.37 bits per heavy atom. The lowest BCUT2D eigenvalue weighted by molar-refractivity contribution is -0.384. The lowest BCUT2D eigenvalue weighted by Gasteiger charge is -2.13. The molecule has 1 rings (SSSR count). The molecule has 0 radical (unpaired) electrons. The van der Waals surface area contributed by atoms with Crippen molar-refractivity contribution in [2.24, 2.45) is 0 Å². The van der Waals surface area contributed by atoms with Crippen LogP contribution in [0.3, 0.4) is 0 Å². The van der Waals surface area contributed by atoms with Crippen molar-refractivity contribution in [1.82, 2.24) is 4.90 Å². The molecule has 0 bridgehead atoms. The summed E-state index contributed by atoms with van der Waals surface area (Å²) in [6, 6.07) is 2.32. The first kappa shape index (κ1) is 15.2. The fourth-order valence-electron chi connectivity index (χ4n) is 1.43. The Hall–Kier alpha value is -1.83. The zero-order chi connectivity index (χ0) is 14.6. The van der Waals surface area contributed by atoms with Gasteiger partial charge >= 0.3 is 6.18 Å². The maximum atomic E-state index is 12.5. The van der Waals surface area contributed by atoms with Crippen LogP contribution in [0.5, 0.6) is 0 Å². The fraction of sp³-hybridized carbons (Fsp3) is 0.455. The van der Waals surface area contributed by atoms with Crippen molar-refractivity contribution in [3.8, 4) is 0 Å². The van der Waals surface area contributed by atoms with Gasteiger partial charge in [0.1, 0.15) is 5.69 Å². The highest BCUT2D eigenvalue weighted by atomic mass is 19.4. The summed E-state index contributed by atoms with van der Waals surface area (Å²) in [5.41, 5.74) is -1.40. The van der Waals surface area contributed by atoms with E-state index in [4.69, 9.17) is 0 Å². The summed E-state index contributed by atoms with van der Waals surface area (Å²) in [6.07, 6.45) is -4.52. The van der Waals surface area contributed by atoms with E-state index in [1.54, 1.807) is 14.1 Å². The van der Waals surface area contributed by atoms with E-state index in [-0.39, 0.29) is 11.4 Å². The van der Waals surface area contributed by atoms with E-state index in [1.807, 2.05) is 4.90 Å². The minimum absolute atomic E-state index is 0.123. The molecule has 0 aliphatic heterocycles. The van der Waals surface area contributed by atoms with Gasteiger partial charge in [-0.15, -0.1) is 0 Å². The van der Waals surface area contributed by atoms with Crippen LogP contribution in [0.15, 0.2) is 18.2 Å². The van der Waals surface area contributed by atoms with E-state index in [0.717, 1.165) is 12.1 Å². The first-order chi connectivity index (χ1) is 8.71. The zero-order valence-electron chi connectivity index (χ0n) is 10.5. The molecule has 1 N–H and O–H groups in total. The number of nitrogens with one attached hydrogen (secondary N) is 1. The molecule has 0 aromatic heterocycles. The van der Waals surface area contributed by atoms with E-state index in [9.17, 15) is 23.3 Å². The van der Waals surface area contributed by atoms with Crippen molar-refractivity contribution in [3.05, 3.63) is 33.9 Å². The molecule has 8 heteroatoms. The molecular weight excluding hydrogens is 263 g/mol. The van der Waals surface area contributed by atoms with Crippen molar-refractivity contribution in [3.63, 3.8) is 0 Å². The third-order valence-electron chi connectivity index (χ3n) is 2.40. The first-order valence-electron chi connectivity index (χ1n) is 5.46. The van der Waals surface area contributed by atoms with Gasteiger partial charge in [0, 0.05) is 19.2 Å². The fourth-order valence-corrected chi connectivity index (χ4v) is 1.43. The number of alkyl halides is 3. The van der Waals surface area contributed by atoms with Gasteiger partial charge in [-0.25, -0.2) is 0 Å². The van der Waals surface area contributed by atoms with Crippen LogP contribution in [-0.4, -0.2) is 37.0 Å². The van der Waals surface area contributed by atoms with E-state index in [2.05, 4.69) is 5.32 Å². The average Bonchev–Trinajstić information content (AvgIpc) is 2.26. The lowest BCUT2D eigenvalue weighted by Crippen LogP contribution is -2.21. The van der Waals surface area contributed by atoms with Gasteiger partial charge in [-0.3, -0.25) is 10.1 Å². The highest BCUT2D eigenvalue weighted by molar-refractivity contribution is 5.63. The number of nitro groups is 1. The molecule has 0 saturated carbocycles. The summed E-state index contributed by atoms with van der Waals surface area (Å²) in [5, 5.41) is 13.4. The first-order valence-corrected chi connectivity index (χ1v) is 5.46. The average molecular weight is 277 g/mol. The molecule has 0 aliphatic carbocycles. The Labute approximate surface area is 108 Å². The predicted octanol–water partition coefficient (Wildman–Crippen LogP) is 2.59. The number of nitrogens with zero attached hydrogens (tertiary/aromatic N) is 2. The minimum atomic E-state index is -4.52. The van der Waals surface area contributed by atoms with Crippen molar-refractivity contribution >= 4 is 11.4 Å². The summed E-state index contributed by atoms with van der Waals surface area (Å²) in [7, 11) is 3.59. The molecule has 0 saturated heterocycles. The van der Waals surface area contributed by atoms with E-state index in [0.29, 0.717) is 19.2 Å². The molecule has 0 fully saturated rings. The molecule has 0 atom stereocenters. The Morgan fingerprint density at radius 3 is 2.47 bits per heavy atom. The van der Waals surface area contributed by atoms with E-state index >= 15 is 0 Å². The molecule has 0 heterocycles. The Bertz CT molecular complexity index is 461. The van der Waals surface area contributed by atoms with Crippen LogP contribution in [0, 0.1) is 10.1 Å². The topological polar surface area (TPSA) is 58.4 Å². The van der Waals surface area contributed by atoms with Gasteiger partial charge in [-0.2, -0.15) is 13.2 Å². The second-order valence-electron chi connectivity index (χ2n) is 4.22. The molecule has 0 spiro atoms. The second-order valence-corrected chi connectivity index (χ2v) is 4.22. The van der Waals surface area contributed by atoms with Crippen LogP contribution < -0.4 is 5.32 Å². The van der Waals surface area contributed by atoms with Crippen LogP contribution in [0.4, 0.5) is 24.5 Å². The summed E-state index contributed by atoms with van der Waals surface area (Å²) < 4.78 is 37.6. The molecule has 19 heavy (non-hydrogen) atoms. The van der Waals surface area contributed by atoms with Crippen LogP contribution in [0.25, 0.3) is 0 Å². The normalized spacial score (nSPS) is 11.7. The number of hydrogen-bond acceptors (Lipinski definition) is 4. The summed E-state index contributed by atoms with van der Waals surface area (Å²) >= 11 is 0. The van der Waals surface area contributed by atoms with Crippen LogP contribution in [-0.2, 0) is 6.18 Å². The smallest absolute Gasteiger partial charge is 0.378 e. The quantitative estimate of drug-likeness (QED) is 0.664. The summed E-state index contributed by atoms with van der Waals surface area (Å²) in [4.78, 5) is 11.9. The Balaban J connectivity index is 2.99. The number of rotatable bonds is 5. The lowest BCUT2D eigenvalue weighted by atomic mass is 10.1. The maximum Gasteiger partial charge on any atom is 0.416 e. The number of likely N-dealkylation sites (N-methyl/N-ethyl adjacent to an activating group) is 1. The molecule has 0 unspecified atom stereocenters. The van der Waals surface area contributed by atoms with Gasteiger partial charge < -0.3 is 10.2 Å². The standard InChI is InChI=1S/C11H14F3N3O2/c1-16(2)6-5-15-9-7-8(11(12,13)14)3-4-10(9)17(18)19/h3-4,7,15H,5-6H2,1-2H3. The number of hydrogen-bond donors (Lipinski definition) is 1. The summed E-state index contributed by atoms with van der Waals surface area (Å²) in [6.45, 7) is 0.864. The van der Waals surface area contributed by atoms with Crippen LogP contribution >= 0.6 is 0 Å². The SMILES string of the molecule is CN(C)CCNc1cc(C(F)(F)F)ccc1[N+](=O)[O-]. The second kappa shape index (κ2) is 5.87. The largest absolute Gasteiger partial charge is 0.416 e. The predicted molar refractivity (Wildman–Crippen MR) is 65.1 cm³/mol. The van der Waals surface area contributed by atoms with Crippen molar-refractivity contribution in [2.75, 3.05) is 32.5 Å². The zero-order valence-corrected chi connectivity index (χ0v) is 10.5. The molecule has 106 valence electrons.